The predicted molar refractivity (Wildman–Crippen MR) is 57.7 cm³/mol. The zero-order valence-corrected chi connectivity index (χ0v) is 8.71. The standard InChI is InChI=1S/C11H22N2/c1-2-13-10-6-4-8-11(13)7-3-5-9-12/h3,5,11H,2,4,6-10,12H2,1H3/b5-3-. The maximum atomic E-state index is 5.41. The van der Waals surface area contributed by atoms with E-state index in [4.69, 9.17) is 5.73 Å². The fourth-order valence-corrected chi connectivity index (χ4v) is 2.09. The van der Waals surface area contributed by atoms with Crippen LogP contribution in [-0.4, -0.2) is 30.6 Å². The van der Waals surface area contributed by atoms with Crippen molar-refractivity contribution in [1.82, 2.24) is 4.90 Å². The van der Waals surface area contributed by atoms with Gasteiger partial charge >= 0.3 is 0 Å². The van der Waals surface area contributed by atoms with E-state index < -0.39 is 0 Å². The number of hydrogen-bond acceptors (Lipinski definition) is 2. The fraction of sp³-hybridized carbons (Fsp3) is 0.818. The molecule has 2 N–H and O–H groups in total. The van der Waals surface area contributed by atoms with Gasteiger partial charge < -0.3 is 10.6 Å². The second-order valence-corrected chi connectivity index (χ2v) is 3.72. The van der Waals surface area contributed by atoms with Gasteiger partial charge in [0.2, 0.25) is 0 Å². The highest BCUT2D eigenvalue weighted by Gasteiger charge is 2.18. The monoisotopic (exact) mass is 182 g/mol. The molecule has 2 nitrogen and oxygen atoms in total. The molecule has 0 aromatic carbocycles. The first-order valence-corrected chi connectivity index (χ1v) is 5.47. The molecule has 1 atom stereocenters. The third kappa shape index (κ3) is 3.49. The Kier molecular flexibility index (Phi) is 5.09. The summed E-state index contributed by atoms with van der Waals surface area (Å²) in [5.74, 6) is 0. The molecule has 0 amide bonds. The minimum Gasteiger partial charge on any atom is -0.327 e. The molecule has 0 saturated carbocycles. The van der Waals surface area contributed by atoms with Crippen molar-refractivity contribution < 1.29 is 0 Å². The molecule has 1 heterocycles. The Bertz CT molecular complexity index is 154. The first kappa shape index (κ1) is 10.7. The largest absolute Gasteiger partial charge is 0.327 e. The molecular weight excluding hydrogens is 160 g/mol. The SMILES string of the molecule is CCN1CCCCC1C/C=C\CN. The molecule has 0 bridgehead atoms. The molecule has 76 valence electrons. The van der Waals surface area contributed by atoms with Crippen molar-refractivity contribution in [2.45, 2.75) is 38.6 Å². The first-order chi connectivity index (χ1) is 6.38. The number of piperidine rings is 1. The number of hydrogen-bond donors (Lipinski definition) is 1. The Morgan fingerprint density at radius 3 is 2.92 bits per heavy atom. The molecule has 1 saturated heterocycles. The van der Waals surface area contributed by atoms with Gasteiger partial charge in [-0.1, -0.05) is 25.5 Å². The molecule has 0 aromatic heterocycles. The third-order valence-corrected chi connectivity index (χ3v) is 2.87. The quantitative estimate of drug-likeness (QED) is 0.671. The smallest absolute Gasteiger partial charge is 0.0130 e. The van der Waals surface area contributed by atoms with Gasteiger partial charge in [0, 0.05) is 12.6 Å². The van der Waals surface area contributed by atoms with Crippen LogP contribution in [0.15, 0.2) is 12.2 Å². The van der Waals surface area contributed by atoms with E-state index in [0.29, 0.717) is 6.54 Å². The molecule has 1 fully saturated rings. The second-order valence-electron chi connectivity index (χ2n) is 3.72. The lowest BCUT2D eigenvalue weighted by molar-refractivity contribution is 0.157. The van der Waals surface area contributed by atoms with Crippen molar-refractivity contribution >= 4 is 0 Å². The predicted octanol–water partition coefficient (Wildman–Crippen LogP) is 1.77. The second kappa shape index (κ2) is 6.17. The zero-order valence-electron chi connectivity index (χ0n) is 8.71. The summed E-state index contributed by atoms with van der Waals surface area (Å²) >= 11 is 0. The van der Waals surface area contributed by atoms with Gasteiger partial charge in [-0.25, -0.2) is 0 Å². The summed E-state index contributed by atoms with van der Waals surface area (Å²) in [6.45, 7) is 5.42. The summed E-state index contributed by atoms with van der Waals surface area (Å²) in [7, 11) is 0. The molecule has 0 spiro atoms. The van der Waals surface area contributed by atoms with E-state index in [0.717, 1.165) is 6.04 Å². The number of nitrogens with zero attached hydrogens (tertiary/aromatic N) is 1. The zero-order chi connectivity index (χ0) is 9.52. The normalized spacial score (nSPS) is 25.5. The molecule has 1 rings (SSSR count). The first-order valence-electron chi connectivity index (χ1n) is 5.47. The van der Waals surface area contributed by atoms with Gasteiger partial charge in [-0.05, 0) is 32.4 Å². The lowest BCUT2D eigenvalue weighted by Gasteiger charge is -2.34. The van der Waals surface area contributed by atoms with Crippen LogP contribution in [0.25, 0.3) is 0 Å². The number of nitrogens with two attached hydrogens (primary N) is 1. The molecule has 2 heteroatoms. The van der Waals surface area contributed by atoms with Crippen LogP contribution < -0.4 is 5.73 Å². The van der Waals surface area contributed by atoms with Gasteiger partial charge in [0.15, 0.2) is 0 Å². The molecule has 0 aliphatic carbocycles. The Morgan fingerprint density at radius 2 is 2.23 bits per heavy atom. The lowest BCUT2D eigenvalue weighted by atomic mass is 9.99. The van der Waals surface area contributed by atoms with Crippen LogP contribution in [0.1, 0.15) is 32.6 Å². The maximum absolute atomic E-state index is 5.41. The summed E-state index contributed by atoms with van der Waals surface area (Å²) in [4.78, 5) is 2.59. The van der Waals surface area contributed by atoms with Crippen molar-refractivity contribution in [3.63, 3.8) is 0 Å². The Hall–Kier alpha value is -0.340. The number of likely N-dealkylation sites (tertiary alicyclic amines) is 1. The Labute approximate surface area is 81.8 Å². The van der Waals surface area contributed by atoms with Crippen molar-refractivity contribution in [3.8, 4) is 0 Å². The topological polar surface area (TPSA) is 29.3 Å². The summed E-state index contributed by atoms with van der Waals surface area (Å²) in [5, 5.41) is 0. The van der Waals surface area contributed by atoms with Crippen LogP contribution in [-0.2, 0) is 0 Å². The summed E-state index contributed by atoms with van der Waals surface area (Å²) < 4.78 is 0. The summed E-state index contributed by atoms with van der Waals surface area (Å²) in [5.41, 5.74) is 5.41. The van der Waals surface area contributed by atoms with E-state index in [1.807, 2.05) is 0 Å². The highest BCUT2D eigenvalue weighted by Crippen LogP contribution is 2.19. The van der Waals surface area contributed by atoms with E-state index in [1.54, 1.807) is 0 Å². The van der Waals surface area contributed by atoms with Crippen molar-refractivity contribution in [2.24, 2.45) is 5.73 Å². The Morgan fingerprint density at radius 1 is 1.38 bits per heavy atom. The molecule has 1 aliphatic rings. The van der Waals surface area contributed by atoms with Gasteiger partial charge in [0.05, 0.1) is 0 Å². The van der Waals surface area contributed by atoms with Gasteiger partial charge in [-0.3, -0.25) is 0 Å². The van der Waals surface area contributed by atoms with Crippen molar-refractivity contribution in [2.75, 3.05) is 19.6 Å². The molecule has 0 aromatic rings. The molecular formula is C11H22N2. The minimum absolute atomic E-state index is 0.679. The molecule has 1 aliphatic heterocycles. The highest BCUT2D eigenvalue weighted by atomic mass is 15.2. The molecule has 1 unspecified atom stereocenters. The Balaban J connectivity index is 2.31. The summed E-state index contributed by atoms with van der Waals surface area (Å²) in [6.07, 6.45) is 9.64. The van der Waals surface area contributed by atoms with E-state index in [-0.39, 0.29) is 0 Å². The number of rotatable bonds is 4. The van der Waals surface area contributed by atoms with E-state index >= 15 is 0 Å². The van der Waals surface area contributed by atoms with Crippen molar-refractivity contribution in [3.05, 3.63) is 12.2 Å². The average molecular weight is 182 g/mol. The highest BCUT2D eigenvalue weighted by molar-refractivity contribution is 4.89. The van der Waals surface area contributed by atoms with Gasteiger partial charge in [-0.2, -0.15) is 0 Å². The van der Waals surface area contributed by atoms with Crippen LogP contribution in [0.4, 0.5) is 0 Å². The van der Waals surface area contributed by atoms with E-state index in [9.17, 15) is 0 Å². The maximum Gasteiger partial charge on any atom is 0.0130 e. The molecule has 13 heavy (non-hydrogen) atoms. The van der Waals surface area contributed by atoms with Crippen molar-refractivity contribution in [1.29, 1.82) is 0 Å². The molecule has 0 radical (unpaired) electrons. The van der Waals surface area contributed by atoms with Gasteiger partial charge in [0.25, 0.3) is 0 Å². The van der Waals surface area contributed by atoms with Crippen LogP contribution in [0.3, 0.4) is 0 Å². The van der Waals surface area contributed by atoms with Crippen LogP contribution in [0, 0.1) is 0 Å². The van der Waals surface area contributed by atoms with Crippen LogP contribution in [0.2, 0.25) is 0 Å². The van der Waals surface area contributed by atoms with Gasteiger partial charge in [0.1, 0.15) is 0 Å². The van der Waals surface area contributed by atoms with E-state index in [1.165, 1.54) is 38.8 Å². The minimum atomic E-state index is 0.679. The summed E-state index contributed by atoms with van der Waals surface area (Å²) in [6, 6.07) is 0.779. The lowest BCUT2D eigenvalue weighted by Crippen LogP contribution is -2.38. The van der Waals surface area contributed by atoms with E-state index in [2.05, 4.69) is 24.0 Å². The third-order valence-electron chi connectivity index (χ3n) is 2.87. The average Bonchev–Trinajstić information content (AvgIpc) is 2.19. The fourth-order valence-electron chi connectivity index (χ4n) is 2.09. The van der Waals surface area contributed by atoms with Crippen LogP contribution >= 0.6 is 0 Å². The van der Waals surface area contributed by atoms with Gasteiger partial charge in [-0.15, -0.1) is 0 Å². The van der Waals surface area contributed by atoms with Crippen LogP contribution in [0.5, 0.6) is 0 Å².